The quantitative estimate of drug-likeness (QED) is 0.781. The van der Waals surface area contributed by atoms with Gasteiger partial charge in [-0.3, -0.25) is 9.59 Å². The van der Waals surface area contributed by atoms with Crippen LogP contribution in [-0.2, 0) is 4.79 Å². The summed E-state index contributed by atoms with van der Waals surface area (Å²) in [5.74, 6) is 0.805. The number of ketones is 1. The van der Waals surface area contributed by atoms with Gasteiger partial charge in [0.1, 0.15) is 5.75 Å². The topological polar surface area (TPSA) is 46.6 Å². The van der Waals surface area contributed by atoms with Gasteiger partial charge in [0.05, 0.1) is 13.7 Å². The maximum atomic E-state index is 12.1. The highest BCUT2D eigenvalue weighted by Crippen LogP contribution is 2.14. The number of hydrogen-bond acceptors (Lipinski definition) is 3. The van der Waals surface area contributed by atoms with Crippen molar-refractivity contribution >= 4 is 11.7 Å². The third-order valence-electron chi connectivity index (χ3n) is 3.42. The largest absolute Gasteiger partial charge is 0.497 e. The van der Waals surface area contributed by atoms with Crippen molar-refractivity contribution in [2.75, 3.05) is 20.2 Å². The van der Waals surface area contributed by atoms with Gasteiger partial charge in [0.2, 0.25) is 5.91 Å². The Kier molecular flexibility index (Phi) is 4.55. The van der Waals surface area contributed by atoms with Crippen LogP contribution in [0.4, 0.5) is 0 Å². The number of rotatable bonds is 4. The monoisotopic (exact) mass is 261 g/mol. The fourth-order valence-electron chi connectivity index (χ4n) is 2.25. The second-order valence-corrected chi connectivity index (χ2v) is 4.78. The molecule has 0 radical (unpaired) electrons. The van der Waals surface area contributed by atoms with E-state index in [-0.39, 0.29) is 18.2 Å². The summed E-state index contributed by atoms with van der Waals surface area (Å²) in [6, 6.07) is 7.00. The van der Waals surface area contributed by atoms with Crippen molar-refractivity contribution in [1.29, 1.82) is 0 Å². The zero-order valence-electron chi connectivity index (χ0n) is 11.2. The summed E-state index contributed by atoms with van der Waals surface area (Å²) in [4.78, 5) is 25.7. The van der Waals surface area contributed by atoms with E-state index < -0.39 is 0 Å². The molecule has 0 unspecified atom stereocenters. The minimum Gasteiger partial charge on any atom is -0.497 e. The molecule has 0 atom stereocenters. The first kappa shape index (κ1) is 13.6. The van der Waals surface area contributed by atoms with Crippen LogP contribution >= 0.6 is 0 Å². The lowest BCUT2D eigenvalue weighted by Gasteiger charge is -2.19. The molecule has 0 spiro atoms. The summed E-state index contributed by atoms with van der Waals surface area (Å²) in [5.41, 5.74) is 0.623. The molecule has 1 amide bonds. The Balaban J connectivity index is 2.00. The Morgan fingerprint density at radius 2 is 1.95 bits per heavy atom. The van der Waals surface area contributed by atoms with E-state index in [0.717, 1.165) is 25.0 Å². The van der Waals surface area contributed by atoms with Gasteiger partial charge in [0, 0.05) is 18.5 Å². The van der Waals surface area contributed by atoms with E-state index in [1.807, 2.05) is 0 Å². The number of likely N-dealkylation sites (tertiary alicyclic amines) is 1. The highest BCUT2D eigenvalue weighted by molar-refractivity contribution is 5.99. The second-order valence-electron chi connectivity index (χ2n) is 4.78. The first-order valence-electron chi connectivity index (χ1n) is 6.66. The molecular weight excluding hydrogens is 242 g/mol. The molecule has 0 saturated carbocycles. The van der Waals surface area contributed by atoms with E-state index in [1.165, 1.54) is 0 Å². The molecule has 19 heavy (non-hydrogen) atoms. The summed E-state index contributed by atoms with van der Waals surface area (Å²) in [6.07, 6.45) is 3.56. The summed E-state index contributed by atoms with van der Waals surface area (Å²) < 4.78 is 5.06. The van der Waals surface area contributed by atoms with Gasteiger partial charge < -0.3 is 9.64 Å². The predicted molar refractivity (Wildman–Crippen MR) is 72.4 cm³/mol. The molecule has 1 aromatic rings. The lowest BCUT2D eigenvalue weighted by atomic mass is 10.1. The molecule has 1 heterocycles. The highest BCUT2D eigenvalue weighted by atomic mass is 16.5. The summed E-state index contributed by atoms with van der Waals surface area (Å²) in [7, 11) is 1.59. The van der Waals surface area contributed by atoms with Crippen LogP contribution in [-0.4, -0.2) is 36.8 Å². The van der Waals surface area contributed by atoms with E-state index in [0.29, 0.717) is 18.5 Å². The lowest BCUT2D eigenvalue weighted by Crippen LogP contribution is -2.35. The molecule has 0 bridgehead atoms. The van der Waals surface area contributed by atoms with Gasteiger partial charge in [-0.05, 0) is 37.1 Å². The van der Waals surface area contributed by atoms with Crippen molar-refractivity contribution in [3.05, 3.63) is 29.8 Å². The zero-order valence-corrected chi connectivity index (χ0v) is 11.2. The number of Topliss-reactive ketones (excluding diaryl/α,β-unsaturated/α-hetero) is 1. The van der Waals surface area contributed by atoms with Gasteiger partial charge in [-0.15, -0.1) is 0 Å². The SMILES string of the molecule is COc1ccc(C(=O)CN2CCCCCC2=O)cc1. The van der Waals surface area contributed by atoms with Crippen molar-refractivity contribution in [1.82, 2.24) is 4.90 Å². The van der Waals surface area contributed by atoms with Crippen LogP contribution in [0, 0.1) is 0 Å². The van der Waals surface area contributed by atoms with E-state index in [9.17, 15) is 9.59 Å². The summed E-state index contributed by atoms with van der Waals surface area (Å²) in [5, 5.41) is 0. The minimum absolute atomic E-state index is 0.0158. The Morgan fingerprint density at radius 3 is 2.63 bits per heavy atom. The standard InChI is InChI=1S/C15H19NO3/c1-19-13-8-6-12(7-9-13)14(17)11-16-10-4-2-3-5-15(16)18/h6-9H,2-5,10-11H2,1H3. The Bertz CT molecular complexity index is 453. The van der Waals surface area contributed by atoms with Crippen molar-refractivity contribution < 1.29 is 14.3 Å². The zero-order chi connectivity index (χ0) is 13.7. The number of carbonyl (C=O) groups excluding carboxylic acids is 2. The van der Waals surface area contributed by atoms with Gasteiger partial charge in [-0.1, -0.05) is 6.42 Å². The molecule has 102 valence electrons. The maximum Gasteiger partial charge on any atom is 0.222 e. The van der Waals surface area contributed by atoms with Crippen LogP contribution in [0.25, 0.3) is 0 Å². The molecule has 4 nitrogen and oxygen atoms in total. The van der Waals surface area contributed by atoms with Crippen LogP contribution in [0.3, 0.4) is 0 Å². The van der Waals surface area contributed by atoms with E-state index in [2.05, 4.69) is 0 Å². The normalized spacial score (nSPS) is 16.1. The second kappa shape index (κ2) is 6.36. The fourth-order valence-corrected chi connectivity index (χ4v) is 2.25. The van der Waals surface area contributed by atoms with Crippen molar-refractivity contribution in [2.45, 2.75) is 25.7 Å². The van der Waals surface area contributed by atoms with Crippen LogP contribution in [0.2, 0.25) is 0 Å². The maximum absolute atomic E-state index is 12.1. The fraction of sp³-hybridized carbons (Fsp3) is 0.467. The number of amides is 1. The molecule has 1 aliphatic rings. The number of benzene rings is 1. The summed E-state index contributed by atoms with van der Waals surface area (Å²) in [6.45, 7) is 0.881. The average Bonchev–Trinajstić information content (AvgIpc) is 2.64. The lowest BCUT2D eigenvalue weighted by molar-refractivity contribution is -0.130. The molecule has 4 heteroatoms. The minimum atomic E-state index is -0.0158. The van der Waals surface area contributed by atoms with Gasteiger partial charge in [-0.25, -0.2) is 0 Å². The van der Waals surface area contributed by atoms with E-state index in [4.69, 9.17) is 4.74 Å². The molecular formula is C15H19NO3. The van der Waals surface area contributed by atoms with Gasteiger partial charge >= 0.3 is 0 Å². The van der Waals surface area contributed by atoms with Crippen LogP contribution < -0.4 is 4.74 Å². The van der Waals surface area contributed by atoms with Crippen molar-refractivity contribution in [3.63, 3.8) is 0 Å². The number of hydrogen-bond donors (Lipinski definition) is 0. The molecule has 1 aromatic carbocycles. The molecule has 0 N–H and O–H groups in total. The molecule has 2 rings (SSSR count). The predicted octanol–water partition coefficient (Wildman–Crippen LogP) is 2.28. The van der Waals surface area contributed by atoms with Crippen molar-refractivity contribution in [2.24, 2.45) is 0 Å². The number of ether oxygens (including phenoxy) is 1. The number of carbonyl (C=O) groups is 2. The van der Waals surface area contributed by atoms with Crippen LogP contribution in [0.15, 0.2) is 24.3 Å². The average molecular weight is 261 g/mol. The third-order valence-corrected chi connectivity index (χ3v) is 3.42. The van der Waals surface area contributed by atoms with E-state index >= 15 is 0 Å². The highest BCUT2D eigenvalue weighted by Gasteiger charge is 2.19. The number of nitrogens with zero attached hydrogens (tertiary/aromatic N) is 1. The van der Waals surface area contributed by atoms with Crippen LogP contribution in [0.5, 0.6) is 5.75 Å². The van der Waals surface area contributed by atoms with Crippen LogP contribution in [0.1, 0.15) is 36.0 Å². The Labute approximate surface area is 113 Å². The third kappa shape index (κ3) is 3.56. The summed E-state index contributed by atoms with van der Waals surface area (Å²) >= 11 is 0. The Morgan fingerprint density at radius 1 is 1.21 bits per heavy atom. The smallest absolute Gasteiger partial charge is 0.222 e. The van der Waals surface area contributed by atoms with E-state index in [1.54, 1.807) is 36.3 Å². The van der Waals surface area contributed by atoms with Gasteiger partial charge in [0.15, 0.2) is 5.78 Å². The Hall–Kier alpha value is -1.84. The molecule has 1 saturated heterocycles. The molecule has 0 aliphatic carbocycles. The number of methoxy groups -OCH3 is 1. The van der Waals surface area contributed by atoms with Gasteiger partial charge in [0.25, 0.3) is 0 Å². The van der Waals surface area contributed by atoms with Gasteiger partial charge in [-0.2, -0.15) is 0 Å². The van der Waals surface area contributed by atoms with Crippen molar-refractivity contribution in [3.8, 4) is 5.75 Å². The first-order chi connectivity index (χ1) is 9.20. The molecule has 1 aliphatic heterocycles. The molecule has 0 aromatic heterocycles. The first-order valence-corrected chi connectivity index (χ1v) is 6.66. The molecule has 1 fully saturated rings.